The second-order valence-corrected chi connectivity index (χ2v) is 4.75. The SMILES string of the molecule is CC(=O)c1ccc(Sc2cccc(Cl)c2)o1. The van der Waals surface area contributed by atoms with Gasteiger partial charge < -0.3 is 4.42 Å². The fourth-order valence-electron chi connectivity index (χ4n) is 1.21. The van der Waals surface area contributed by atoms with Crippen LogP contribution in [0, 0.1) is 0 Å². The molecule has 1 aromatic carbocycles. The molecule has 2 rings (SSSR count). The molecule has 0 aliphatic heterocycles. The van der Waals surface area contributed by atoms with Gasteiger partial charge in [-0.25, -0.2) is 0 Å². The van der Waals surface area contributed by atoms with E-state index in [0.29, 0.717) is 15.9 Å². The van der Waals surface area contributed by atoms with Crippen molar-refractivity contribution in [2.75, 3.05) is 0 Å². The van der Waals surface area contributed by atoms with Crippen LogP contribution in [0.25, 0.3) is 0 Å². The second kappa shape index (κ2) is 4.76. The van der Waals surface area contributed by atoms with E-state index in [2.05, 4.69) is 0 Å². The van der Waals surface area contributed by atoms with Crippen LogP contribution in [0.5, 0.6) is 0 Å². The third kappa shape index (κ3) is 2.68. The number of carbonyl (C=O) groups is 1. The Labute approximate surface area is 103 Å². The van der Waals surface area contributed by atoms with E-state index >= 15 is 0 Å². The summed E-state index contributed by atoms with van der Waals surface area (Å²) in [6, 6.07) is 10.9. The van der Waals surface area contributed by atoms with Crippen molar-refractivity contribution in [3.05, 3.63) is 47.2 Å². The predicted molar refractivity (Wildman–Crippen MR) is 64.3 cm³/mol. The van der Waals surface area contributed by atoms with Crippen molar-refractivity contribution in [3.63, 3.8) is 0 Å². The molecule has 0 aliphatic carbocycles. The molecule has 0 saturated heterocycles. The maximum Gasteiger partial charge on any atom is 0.194 e. The number of rotatable bonds is 3. The topological polar surface area (TPSA) is 30.2 Å². The Hall–Kier alpha value is -1.19. The van der Waals surface area contributed by atoms with E-state index in [0.717, 1.165) is 4.90 Å². The molecular formula is C12H9ClO2S. The van der Waals surface area contributed by atoms with Crippen LogP contribution in [0.15, 0.2) is 50.8 Å². The molecule has 82 valence electrons. The molecule has 0 saturated carbocycles. The smallest absolute Gasteiger partial charge is 0.194 e. The first-order valence-corrected chi connectivity index (χ1v) is 5.89. The van der Waals surface area contributed by atoms with E-state index in [4.69, 9.17) is 16.0 Å². The molecule has 0 aliphatic rings. The van der Waals surface area contributed by atoms with Crippen molar-refractivity contribution in [1.82, 2.24) is 0 Å². The molecule has 0 N–H and O–H groups in total. The van der Waals surface area contributed by atoms with Crippen LogP contribution < -0.4 is 0 Å². The van der Waals surface area contributed by atoms with Gasteiger partial charge >= 0.3 is 0 Å². The summed E-state index contributed by atoms with van der Waals surface area (Å²) in [7, 11) is 0. The molecule has 2 nitrogen and oxygen atoms in total. The Kier molecular flexibility index (Phi) is 3.36. The Morgan fingerprint density at radius 2 is 2.12 bits per heavy atom. The molecule has 16 heavy (non-hydrogen) atoms. The number of carbonyl (C=O) groups excluding carboxylic acids is 1. The number of ketones is 1. The van der Waals surface area contributed by atoms with E-state index in [-0.39, 0.29) is 5.78 Å². The van der Waals surface area contributed by atoms with Gasteiger partial charge in [0.25, 0.3) is 0 Å². The number of furan rings is 1. The second-order valence-electron chi connectivity index (χ2n) is 3.23. The molecule has 0 fully saturated rings. The average Bonchev–Trinajstić information content (AvgIpc) is 2.66. The fourth-order valence-corrected chi connectivity index (χ4v) is 2.30. The van der Waals surface area contributed by atoms with Gasteiger partial charge in [0.05, 0.1) is 0 Å². The van der Waals surface area contributed by atoms with Gasteiger partial charge in [0.15, 0.2) is 16.6 Å². The summed E-state index contributed by atoms with van der Waals surface area (Å²) in [4.78, 5) is 12.0. The van der Waals surface area contributed by atoms with Crippen LogP contribution in [0.4, 0.5) is 0 Å². The molecule has 1 heterocycles. The van der Waals surface area contributed by atoms with Crippen LogP contribution in [0.3, 0.4) is 0 Å². The van der Waals surface area contributed by atoms with E-state index in [9.17, 15) is 4.79 Å². The van der Waals surface area contributed by atoms with Crippen molar-refractivity contribution < 1.29 is 9.21 Å². The zero-order valence-electron chi connectivity index (χ0n) is 8.57. The summed E-state index contributed by atoms with van der Waals surface area (Å²) in [5, 5.41) is 1.37. The maximum absolute atomic E-state index is 11.0. The number of halogens is 1. The first-order chi connectivity index (χ1) is 7.65. The average molecular weight is 253 g/mol. The van der Waals surface area contributed by atoms with Gasteiger partial charge in [0.2, 0.25) is 0 Å². The molecule has 1 aromatic heterocycles. The molecule has 4 heteroatoms. The molecule has 0 spiro atoms. The highest BCUT2D eigenvalue weighted by atomic mass is 35.5. The molecule has 0 unspecified atom stereocenters. The molecule has 0 bridgehead atoms. The standard InChI is InChI=1S/C12H9ClO2S/c1-8(14)11-5-6-12(15-11)16-10-4-2-3-9(13)7-10/h2-7H,1H3. The van der Waals surface area contributed by atoms with Crippen molar-refractivity contribution >= 4 is 29.1 Å². The zero-order chi connectivity index (χ0) is 11.5. The number of Topliss-reactive ketones (excluding diaryl/α,β-unsaturated/α-hetero) is 1. The highest BCUT2D eigenvalue weighted by Gasteiger charge is 2.07. The lowest BCUT2D eigenvalue weighted by Crippen LogP contribution is -1.85. The van der Waals surface area contributed by atoms with Gasteiger partial charge in [-0.1, -0.05) is 29.4 Å². The summed E-state index contributed by atoms with van der Waals surface area (Å²) in [6.07, 6.45) is 0. The number of hydrogen-bond donors (Lipinski definition) is 0. The third-order valence-electron chi connectivity index (χ3n) is 1.94. The first kappa shape index (κ1) is 11.3. The Bertz CT molecular complexity index is 519. The first-order valence-electron chi connectivity index (χ1n) is 4.69. The summed E-state index contributed by atoms with van der Waals surface area (Å²) in [5.41, 5.74) is 0. The van der Waals surface area contributed by atoms with Crippen LogP contribution >= 0.6 is 23.4 Å². The van der Waals surface area contributed by atoms with Gasteiger partial charge in [-0.2, -0.15) is 0 Å². The third-order valence-corrected chi connectivity index (χ3v) is 3.09. The highest BCUT2D eigenvalue weighted by molar-refractivity contribution is 7.99. The minimum atomic E-state index is -0.0713. The minimum Gasteiger partial charge on any atom is -0.446 e. The lowest BCUT2D eigenvalue weighted by molar-refractivity contribution is 0.0982. The van der Waals surface area contributed by atoms with Crippen molar-refractivity contribution in [2.24, 2.45) is 0 Å². The largest absolute Gasteiger partial charge is 0.446 e. The predicted octanol–water partition coefficient (Wildman–Crippen LogP) is 4.29. The van der Waals surface area contributed by atoms with Crippen LogP contribution in [0.1, 0.15) is 17.5 Å². The van der Waals surface area contributed by atoms with Crippen LogP contribution in [-0.4, -0.2) is 5.78 Å². The van der Waals surface area contributed by atoms with Crippen molar-refractivity contribution in [2.45, 2.75) is 16.9 Å². The molecule has 2 aromatic rings. The van der Waals surface area contributed by atoms with Crippen LogP contribution in [0.2, 0.25) is 5.02 Å². The molecular weight excluding hydrogens is 244 g/mol. The monoisotopic (exact) mass is 252 g/mol. The lowest BCUT2D eigenvalue weighted by Gasteiger charge is -1.97. The van der Waals surface area contributed by atoms with Crippen molar-refractivity contribution in [1.29, 1.82) is 0 Å². The number of hydrogen-bond acceptors (Lipinski definition) is 3. The summed E-state index contributed by atoms with van der Waals surface area (Å²) < 4.78 is 5.36. The van der Waals surface area contributed by atoms with E-state index in [1.807, 2.05) is 24.3 Å². The highest BCUT2D eigenvalue weighted by Crippen LogP contribution is 2.30. The lowest BCUT2D eigenvalue weighted by atomic mass is 10.3. The van der Waals surface area contributed by atoms with E-state index in [1.54, 1.807) is 12.1 Å². The quantitative estimate of drug-likeness (QED) is 0.764. The van der Waals surface area contributed by atoms with Gasteiger partial charge in [0.1, 0.15) is 0 Å². The van der Waals surface area contributed by atoms with Crippen molar-refractivity contribution in [3.8, 4) is 0 Å². The van der Waals surface area contributed by atoms with Gasteiger partial charge in [0, 0.05) is 16.8 Å². The molecule has 0 atom stereocenters. The van der Waals surface area contributed by atoms with Crippen LogP contribution in [-0.2, 0) is 0 Å². The molecule has 0 amide bonds. The summed E-state index contributed by atoms with van der Waals surface area (Å²) in [5.74, 6) is 0.308. The fraction of sp³-hybridized carbons (Fsp3) is 0.0833. The summed E-state index contributed by atoms with van der Waals surface area (Å²) >= 11 is 7.31. The maximum atomic E-state index is 11.0. The number of benzene rings is 1. The van der Waals surface area contributed by atoms with Gasteiger partial charge in [-0.3, -0.25) is 4.79 Å². The summed E-state index contributed by atoms with van der Waals surface area (Å²) in [6.45, 7) is 1.48. The normalized spacial score (nSPS) is 10.4. The Morgan fingerprint density at radius 1 is 1.31 bits per heavy atom. The minimum absolute atomic E-state index is 0.0713. The molecule has 0 radical (unpaired) electrons. The van der Waals surface area contributed by atoms with E-state index < -0.39 is 0 Å². The zero-order valence-corrected chi connectivity index (χ0v) is 10.1. The Balaban J connectivity index is 2.17. The van der Waals surface area contributed by atoms with Gasteiger partial charge in [-0.05, 0) is 30.3 Å². The Morgan fingerprint density at radius 3 is 2.75 bits per heavy atom. The van der Waals surface area contributed by atoms with Gasteiger partial charge in [-0.15, -0.1) is 0 Å². The van der Waals surface area contributed by atoms with E-state index in [1.165, 1.54) is 18.7 Å².